The van der Waals surface area contributed by atoms with Gasteiger partial charge < -0.3 is 10.3 Å². The van der Waals surface area contributed by atoms with E-state index in [2.05, 4.69) is 15.3 Å². The van der Waals surface area contributed by atoms with E-state index < -0.39 is 45.0 Å². The Morgan fingerprint density at radius 3 is 2.42 bits per heavy atom. The number of hydrogen-bond acceptors (Lipinski definition) is 4. The van der Waals surface area contributed by atoms with Gasteiger partial charge in [0.15, 0.2) is 0 Å². The molecule has 0 spiro atoms. The molecule has 0 saturated heterocycles. The SMILES string of the molecule is Cc1nc(C(=O)NC(C)(C)c2ccc(SC(F)(F)F)c(F)c2)cc(=O)[nH]1. The van der Waals surface area contributed by atoms with Crippen molar-refractivity contribution in [1.82, 2.24) is 15.3 Å². The summed E-state index contributed by atoms with van der Waals surface area (Å²) in [7, 11) is 0. The van der Waals surface area contributed by atoms with Crippen molar-refractivity contribution in [2.75, 3.05) is 0 Å². The Morgan fingerprint density at radius 2 is 1.88 bits per heavy atom. The van der Waals surface area contributed by atoms with Gasteiger partial charge in [-0.2, -0.15) is 13.2 Å². The van der Waals surface area contributed by atoms with Crippen molar-refractivity contribution in [2.24, 2.45) is 0 Å². The van der Waals surface area contributed by atoms with E-state index >= 15 is 0 Å². The Labute approximate surface area is 150 Å². The maximum absolute atomic E-state index is 14.0. The van der Waals surface area contributed by atoms with Gasteiger partial charge in [-0.1, -0.05) is 6.07 Å². The Bertz CT molecular complexity index is 894. The zero-order chi connectivity index (χ0) is 19.7. The fraction of sp³-hybridized carbons (Fsp3) is 0.312. The van der Waals surface area contributed by atoms with Gasteiger partial charge in [0.1, 0.15) is 17.3 Å². The molecule has 1 heterocycles. The van der Waals surface area contributed by atoms with E-state index in [1.54, 1.807) is 13.8 Å². The maximum Gasteiger partial charge on any atom is 0.446 e. The van der Waals surface area contributed by atoms with E-state index in [0.717, 1.165) is 18.2 Å². The van der Waals surface area contributed by atoms with Crippen molar-refractivity contribution < 1.29 is 22.4 Å². The Kier molecular flexibility index (Phi) is 5.45. The monoisotopic (exact) mass is 389 g/mol. The van der Waals surface area contributed by atoms with Gasteiger partial charge in [-0.05, 0) is 50.2 Å². The second-order valence-corrected chi connectivity index (χ2v) is 7.10. The van der Waals surface area contributed by atoms with Crippen LogP contribution in [0.1, 0.15) is 35.7 Å². The first-order valence-electron chi connectivity index (χ1n) is 7.34. The summed E-state index contributed by atoms with van der Waals surface area (Å²) < 4.78 is 51.1. The molecule has 140 valence electrons. The molecule has 0 unspecified atom stereocenters. The van der Waals surface area contributed by atoms with Gasteiger partial charge >= 0.3 is 5.51 Å². The number of nitrogens with one attached hydrogen (secondary N) is 2. The van der Waals surface area contributed by atoms with Gasteiger partial charge in [0, 0.05) is 6.07 Å². The van der Waals surface area contributed by atoms with Crippen molar-refractivity contribution >= 4 is 17.7 Å². The molecule has 0 radical (unpaired) electrons. The normalized spacial score (nSPS) is 12.1. The first-order chi connectivity index (χ1) is 11.9. The average Bonchev–Trinajstić information content (AvgIpc) is 2.46. The highest BCUT2D eigenvalue weighted by Gasteiger charge is 2.32. The molecule has 2 N–H and O–H groups in total. The van der Waals surface area contributed by atoms with E-state index in [9.17, 15) is 27.2 Å². The quantitative estimate of drug-likeness (QED) is 0.620. The molecule has 10 heteroatoms. The minimum absolute atomic E-state index is 0.121. The van der Waals surface area contributed by atoms with Crippen LogP contribution in [0.5, 0.6) is 0 Å². The van der Waals surface area contributed by atoms with Crippen LogP contribution in [0.15, 0.2) is 34.0 Å². The molecule has 2 aromatic rings. The van der Waals surface area contributed by atoms with E-state index in [4.69, 9.17) is 0 Å². The van der Waals surface area contributed by atoms with Crippen LogP contribution in [0.4, 0.5) is 17.6 Å². The zero-order valence-electron chi connectivity index (χ0n) is 14.0. The molecule has 2 rings (SSSR count). The van der Waals surface area contributed by atoms with Crippen LogP contribution >= 0.6 is 11.8 Å². The molecule has 0 saturated carbocycles. The molecule has 0 bridgehead atoms. The van der Waals surface area contributed by atoms with Crippen LogP contribution in [0, 0.1) is 12.7 Å². The Balaban J connectivity index is 2.25. The Morgan fingerprint density at radius 1 is 1.23 bits per heavy atom. The summed E-state index contributed by atoms with van der Waals surface area (Å²) in [6, 6.07) is 4.26. The van der Waals surface area contributed by atoms with E-state index in [-0.39, 0.29) is 17.1 Å². The van der Waals surface area contributed by atoms with Crippen molar-refractivity contribution in [3.05, 3.63) is 57.5 Å². The number of aryl methyl sites for hydroxylation is 1. The predicted octanol–water partition coefficient (Wildman–Crippen LogP) is 3.49. The molecule has 0 aliphatic carbocycles. The highest BCUT2D eigenvalue weighted by molar-refractivity contribution is 8.00. The second kappa shape index (κ2) is 7.10. The summed E-state index contributed by atoms with van der Waals surface area (Å²) in [5.41, 5.74) is -6.08. The van der Waals surface area contributed by atoms with Crippen LogP contribution in [-0.2, 0) is 5.54 Å². The van der Waals surface area contributed by atoms with Crippen molar-refractivity contribution in [1.29, 1.82) is 0 Å². The third kappa shape index (κ3) is 5.07. The van der Waals surface area contributed by atoms with E-state index in [1.807, 2.05) is 0 Å². The number of alkyl halides is 3. The van der Waals surface area contributed by atoms with Gasteiger partial charge in [0.25, 0.3) is 11.5 Å². The number of carbonyl (C=O) groups is 1. The van der Waals surface area contributed by atoms with E-state index in [1.165, 1.54) is 13.0 Å². The van der Waals surface area contributed by atoms with Crippen LogP contribution in [0.3, 0.4) is 0 Å². The number of H-pyrrole nitrogens is 1. The number of halogens is 4. The lowest BCUT2D eigenvalue weighted by Gasteiger charge is -2.27. The minimum atomic E-state index is -4.60. The topological polar surface area (TPSA) is 74.8 Å². The second-order valence-electron chi connectivity index (χ2n) is 5.99. The summed E-state index contributed by atoms with van der Waals surface area (Å²) in [5, 5.41) is 2.59. The fourth-order valence-electron chi connectivity index (χ4n) is 2.21. The first kappa shape index (κ1) is 20.0. The number of hydrogen-bond donors (Lipinski definition) is 2. The molecule has 1 amide bonds. The lowest BCUT2D eigenvalue weighted by molar-refractivity contribution is -0.0329. The van der Waals surface area contributed by atoms with Crippen LogP contribution in [0.25, 0.3) is 0 Å². The Hall–Kier alpha value is -2.36. The fourth-order valence-corrected chi connectivity index (χ4v) is 2.75. The zero-order valence-corrected chi connectivity index (χ0v) is 14.8. The number of amides is 1. The average molecular weight is 389 g/mol. The molecule has 0 aliphatic heterocycles. The highest BCUT2D eigenvalue weighted by atomic mass is 32.2. The molecular weight excluding hydrogens is 374 g/mol. The lowest BCUT2D eigenvalue weighted by atomic mass is 9.94. The van der Waals surface area contributed by atoms with Gasteiger partial charge in [0.2, 0.25) is 0 Å². The standard InChI is InChI=1S/C16H15F4N3O2S/c1-8-21-11(7-13(24)22-8)14(25)23-15(2,3)9-4-5-12(10(17)6-9)26-16(18,19)20/h4-7H,1-3H3,(H,23,25)(H,21,22,24). The number of nitrogens with zero attached hydrogens (tertiary/aromatic N) is 1. The van der Waals surface area contributed by atoms with Gasteiger partial charge in [-0.25, -0.2) is 9.37 Å². The maximum atomic E-state index is 14.0. The molecule has 0 aliphatic rings. The van der Waals surface area contributed by atoms with Crippen molar-refractivity contribution in [3.63, 3.8) is 0 Å². The molecule has 1 aromatic heterocycles. The third-order valence-corrected chi connectivity index (χ3v) is 4.18. The predicted molar refractivity (Wildman–Crippen MR) is 88.4 cm³/mol. The lowest BCUT2D eigenvalue weighted by Crippen LogP contribution is -2.41. The number of aromatic amines is 1. The van der Waals surface area contributed by atoms with Crippen LogP contribution in [0.2, 0.25) is 0 Å². The summed E-state index contributed by atoms with van der Waals surface area (Å²) in [5.74, 6) is -1.46. The molecule has 0 atom stereocenters. The number of aromatic nitrogens is 2. The van der Waals surface area contributed by atoms with Gasteiger partial charge in [-0.3, -0.25) is 9.59 Å². The first-order valence-corrected chi connectivity index (χ1v) is 8.15. The smallest absolute Gasteiger partial charge is 0.342 e. The van der Waals surface area contributed by atoms with Gasteiger partial charge in [0.05, 0.1) is 10.4 Å². The van der Waals surface area contributed by atoms with Crippen LogP contribution < -0.4 is 10.9 Å². The third-order valence-electron chi connectivity index (χ3n) is 3.40. The van der Waals surface area contributed by atoms with E-state index in [0.29, 0.717) is 0 Å². The number of rotatable bonds is 4. The molecule has 0 fully saturated rings. The largest absolute Gasteiger partial charge is 0.446 e. The summed E-state index contributed by atoms with van der Waals surface area (Å²) >= 11 is -0.550. The molecule has 5 nitrogen and oxygen atoms in total. The number of benzene rings is 1. The molecule has 1 aromatic carbocycles. The summed E-state index contributed by atoms with van der Waals surface area (Å²) in [6.45, 7) is 4.61. The molecule has 26 heavy (non-hydrogen) atoms. The molecular formula is C16H15F4N3O2S. The minimum Gasteiger partial charge on any atom is -0.342 e. The summed E-state index contributed by atoms with van der Waals surface area (Å²) in [6.07, 6.45) is 0. The highest BCUT2D eigenvalue weighted by Crippen LogP contribution is 2.39. The van der Waals surface area contributed by atoms with Crippen molar-refractivity contribution in [2.45, 2.75) is 36.7 Å². The van der Waals surface area contributed by atoms with Crippen molar-refractivity contribution in [3.8, 4) is 0 Å². The van der Waals surface area contributed by atoms with Crippen LogP contribution in [-0.4, -0.2) is 21.4 Å². The number of thioether (sulfide) groups is 1. The van der Waals surface area contributed by atoms with Gasteiger partial charge in [-0.15, -0.1) is 0 Å². The summed E-state index contributed by atoms with van der Waals surface area (Å²) in [4.78, 5) is 29.5. The number of carbonyl (C=O) groups excluding carboxylic acids is 1.